The maximum atomic E-state index is 5.72. The first kappa shape index (κ1) is 11.9. The van der Waals surface area contributed by atoms with Crippen LogP contribution in [0.1, 0.15) is 6.42 Å². The SMILES string of the molecule is C[S+](C)c1ccccc1OCCCBr. The summed E-state index contributed by atoms with van der Waals surface area (Å²) in [5.74, 6) is 1.04. The highest BCUT2D eigenvalue weighted by Gasteiger charge is 2.14. The molecule has 0 bridgehead atoms. The molecule has 0 atom stereocenters. The highest BCUT2D eigenvalue weighted by Crippen LogP contribution is 2.23. The van der Waals surface area contributed by atoms with Crippen LogP contribution in [0, 0.1) is 0 Å². The predicted octanol–water partition coefficient (Wildman–Crippen LogP) is 3.09. The van der Waals surface area contributed by atoms with Gasteiger partial charge in [-0.1, -0.05) is 28.1 Å². The van der Waals surface area contributed by atoms with Gasteiger partial charge in [0.25, 0.3) is 0 Å². The lowest BCUT2D eigenvalue weighted by molar-refractivity contribution is 0.311. The van der Waals surface area contributed by atoms with Crippen LogP contribution in [-0.4, -0.2) is 24.4 Å². The fourth-order valence-electron chi connectivity index (χ4n) is 1.14. The molecule has 1 aromatic rings. The third kappa shape index (κ3) is 3.54. The molecule has 1 rings (SSSR count). The average Bonchev–Trinajstić information content (AvgIpc) is 2.19. The lowest BCUT2D eigenvalue weighted by atomic mass is 10.3. The van der Waals surface area contributed by atoms with Gasteiger partial charge >= 0.3 is 0 Å². The van der Waals surface area contributed by atoms with E-state index in [4.69, 9.17) is 4.74 Å². The normalized spacial score (nSPS) is 10.6. The molecule has 3 heteroatoms. The second kappa shape index (κ2) is 6.36. The number of alkyl halides is 1. The van der Waals surface area contributed by atoms with Crippen molar-refractivity contribution in [2.45, 2.75) is 11.3 Å². The van der Waals surface area contributed by atoms with Crippen molar-refractivity contribution in [3.63, 3.8) is 0 Å². The summed E-state index contributed by atoms with van der Waals surface area (Å²) in [5, 5.41) is 0.999. The minimum absolute atomic E-state index is 0.267. The van der Waals surface area contributed by atoms with Gasteiger partial charge in [-0.3, -0.25) is 0 Å². The summed E-state index contributed by atoms with van der Waals surface area (Å²) in [5.41, 5.74) is 0. The Morgan fingerprint density at radius 1 is 1.29 bits per heavy atom. The second-order valence-electron chi connectivity index (χ2n) is 3.15. The van der Waals surface area contributed by atoms with Crippen LogP contribution in [0.15, 0.2) is 29.2 Å². The van der Waals surface area contributed by atoms with Gasteiger partial charge in [-0.25, -0.2) is 0 Å². The number of rotatable bonds is 5. The fraction of sp³-hybridized carbons (Fsp3) is 0.455. The van der Waals surface area contributed by atoms with E-state index in [9.17, 15) is 0 Å². The molecule has 0 aliphatic carbocycles. The summed E-state index contributed by atoms with van der Waals surface area (Å²) in [6, 6.07) is 8.29. The van der Waals surface area contributed by atoms with Gasteiger partial charge in [-0.05, 0) is 18.6 Å². The molecule has 1 nitrogen and oxygen atoms in total. The molecule has 0 saturated carbocycles. The highest BCUT2D eigenvalue weighted by molar-refractivity contribution is 9.09. The second-order valence-corrected chi connectivity index (χ2v) is 6.02. The molecule has 0 aliphatic rings. The zero-order valence-corrected chi connectivity index (χ0v) is 11.0. The van der Waals surface area contributed by atoms with Crippen LogP contribution in [-0.2, 0) is 10.9 Å². The Hall–Kier alpha value is -0.150. The Morgan fingerprint density at radius 2 is 2.00 bits per heavy atom. The van der Waals surface area contributed by atoms with Gasteiger partial charge in [-0.15, -0.1) is 0 Å². The first-order chi connectivity index (χ1) is 6.75. The van der Waals surface area contributed by atoms with Gasteiger partial charge in [0.05, 0.1) is 6.61 Å². The number of ether oxygens (including phenoxy) is 1. The molecule has 0 amide bonds. The zero-order chi connectivity index (χ0) is 10.4. The van der Waals surface area contributed by atoms with Crippen LogP contribution in [0.3, 0.4) is 0 Å². The smallest absolute Gasteiger partial charge is 0.196 e. The molecule has 0 aliphatic heterocycles. The molecule has 0 fully saturated rings. The van der Waals surface area contributed by atoms with Crippen molar-refractivity contribution in [2.75, 3.05) is 24.4 Å². The first-order valence-electron chi connectivity index (χ1n) is 4.61. The van der Waals surface area contributed by atoms with Gasteiger partial charge < -0.3 is 4.74 Å². The molecule has 14 heavy (non-hydrogen) atoms. The fourth-order valence-corrected chi connectivity index (χ4v) is 2.25. The van der Waals surface area contributed by atoms with Crippen molar-refractivity contribution >= 4 is 26.8 Å². The summed E-state index contributed by atoms with van der Waals surface area (Å²) in [6.45, 7) is 0.791. The highest BCUT2D eigenvalue weighted by atomic mass is 79.9. The summed E-state index contributed by atoms with van der Waals surface area (Å²) < 4.78 is 5.72. The van der Waals surface area contributed by atoms with Gasteiger partial charge in [-0.2, -0.15) is 0 Å². The van der Waals surface area contributed by atoms with Crippen LogP contribution in [0.2, 0.25) is 0 Å². The van der Waals surface area contributed by atoms with Gasteiger partial charge in [0.1, 0.15) is 12.5 Å². The maximum Gasteiger partial charge on any atom is 0.196 e. The molecule has 0 spiro atoms. The molecule has 0 heterocycles. The van der Waals surface area contributed by atoms with Crippen LogP contribution >= 0.6 is 15.9 Å². The number of benzene rings is 1. The third-order valence-corrected chi connectivity index (χ3v) is 3.60. The predicted molar refractivity (Wildman–Crippen MR) is 67.8 cm³/mol. The molecule has 78 valence electrons. The largest absolute Gasteiger partial charge is 0.488 e. The topological polar surface area (TPSA) is 9.23 Å². The average molecular weight is 276 g/mol. The van der Waals surface area contributed by atoms with Crippen molar-refractivity contribution in [3.8, 4) is 5.75 Å². The van der Waals surface area contributed by atoms with E-state index in [1.807, 2.05) is 6.07 Å². The quantitative estimate of drug-likeness (QED) is 0.456. The molecule has 0 radical (unpaired) electrons. The lowest BCUT2D eigenvalue weighted by Crippen LogP contribution is -2.03. The Morgan fingerprint density at radius 3 is 2.64 bits per heavy atom. The number of halogens is 1. The van der Waals surface area contributed by atoms with E-state index in [-0.39, 0.29) is 10.9 Å². The minimum atomic E-state index is 0.267. The van der Waals surface area contributed by atoms with Gasteiger partial charge in [0, 0.05) is 16.2 Å². The Balaban J connectivity index is 2.64. The van der Waals surface area contributed by atoms with Crippen molar-refractivity contribution < 1.29 is 4.74 Å². The standard InChI is InChI=1S/C11H16BrOS/c1-14(2)11-7-4-3-6-10(11)13-9-5-8-12/h3-4,6-7H,5,8-9H2,1-2H3/q+1. The number of hydrogen-bond donors (Lipinski definition) is 0. The molecule has 0 aromatic heterocycles. The molecular weight excluding hydrogens is 260 g/mol. The van der Waals surface area contributed by atoms with Crippen LogP contribution in [0.25, 0.3) is 0 Å². The first-order valence-corrected chi connectivity index (χ1v) is 7.77. The molecule has 1 aromatic carbocycles. The summed E-state index contributed by atoms with van der Waals surface area (Å²) in [6.07, 6.45) is 5.48. The summed E-state index contributed by atoms with van der Waals surface area (Å²) >= 11 is 3.39. The Bertz CT molecular complexity index is 276. The Kier molecular flexibility index (Phi) is 5.41. The van der Waals surface area contributed by atoms with E-state index >= 15 is 0 Å². The maximum absolute atomic E-state index is 5.72. The van der Waals surface area contributed by atoms with Crippen molar-refractivity contribution in [1.82, 2.24) is 0 Å². The van der Waals surface area contributed by atoms with E-state index in [1.165, 1.54) is 4.90 Å². The van der Waals surface area contributed by atoms with E-state index in [2.05, 4.69) is 46.6 Å². The van der Waals surface area contributed by atoms with Gasteiger partial charge in [0.2, 0.25) is 0 Å². The lowest BCUT2D eigenvalue weighted by Gasteiger charge is -2.07. The molecule has 0 saturated heterocycles. The van der Waals surface area contributed by atoms with Crippen molar-refractivity contribution in [2.24, 2.45) is 0 Å². The van der Waals surface area contributed by atoms with E-state index in [0.29, 0.717) is 0 Å². The van der Waals surface area contributed by atoms with Crippen molar-refractivity contribution in [1.29, 1.82) is 0 Å². The van der Waals surface area contributed by atoms with E-state index in [0.717, 1.165) is 24.1 Å². The monoisotopic (exact) mass is 275 g/mol. The molecule has 0 N–H and O–H groups in total. The zero-order valence-electron chi connectivity index (χ0n) is 8.63. The van der Waals surface area contributed by atoms with Crippen LogP contribution in [0.5, 0.6) is 5.75 Å². The van der Waals surface area contributed by atoms with Crippen LogP contribution < -0.4 is 4.74 Å². The number of para-hydroxylation sites is 1. The minimum Gasteiger partial charge on any atom is -0.488 e. The third-order valence-electron chi connectivity index (χ3n) is 1.82. The van der Waals surface area contributed by atoms with Gasteiger partial charge in [0.15, 0.2) is 10.6 Å². The number of hydrogen-bond acceptors (Lipinski definition) is 1. The Labute approximate surface area is 97.3 Å². The molecule has 0 unspecified atom stereocenters. The van der Waals surface area contributed by atoms with E-state index < -0.39 is 0 Å². The molecular formula is C11H16BrOS+. The van der Waals surface area contributed by atoms with Crippen LogP contribution in [0.4, 0.5) is 0 Å². The summed E-state index contributed by atoms with van der Waals surface area (Å²) in [7, 11) is 0.267. The van der Waals surface area contributed by atoms with E-state index in [1.54, 1.807) is 0 Å². The van der Waals surface area contributed by atoms with Crippen molar-refractivity contribution in [3.05, 3.63) is 24.3 Å². The summed E-state index contributed by atoms with van der Waals surface area (Å²) in [4.78, 5) is 1.32.